The van der Waals surface area contributed by atoms with Crippen LogP contribution in [0.2, 0.25) is 0 Å². The predicted octanol–water partition coefficient (Wildman–Crippen LogP) is 1.62. The first-order chi connectivity index (χ1) is 3.68. The highest BCUT2D eigenvalue weighted by atomic mass is 16.1. The molecule has 1 atom stereocenters. The fourth-order valence-electron chi connectivity index (χ4n) is 0.492. The van der Waals surface area contributed by atoms with E-state index >= 15 is 0 Å². The minimum atomic E-state index is -0.438. The average Bonchev–Trinajstić information content (AvgIpc) is 1.67. The number of carbonyl (C=O) groups excluding carboxylic acids is 1. The van der Waals surface area contributed by atoms with Crippen LogP contribution in [0.1, 0.15) is 28.1 Å². The third-order valence-corrected chi connectivity index (χ3v) is 0.923. The first-order valence-corrected chi connectivity index (χ1v) is 2.69. The van der Waals surface area contributed by atoms with Crippen LogP contribution in [0.3, 0.4) is 0 Å². The topological polar surface area (TPSA) is 17.1 Å². The Morgan fingerprint density at radius 1 is 2.00 bits per heavy atom. The molecular weight excluding hydrogens is 88.1 g/mol. The van der Waals surface area contributed by atoms with Crippen LogP contribution in [0.5, 0.6) is 0 Å². The molecule has 0 radical (unpaired) electrons. The highest BCUT2D eigenvalue weighted by Crippen LogP contribution is 1.98. The van der Waals surface area contributed by atoms with Gasteiger partial charge in [-0.3, -0.25) is 0 Å². The summed E-state index contributed by atoms with van der Waals surface area (Å²) in [5.41, 5.74) is 0. The SMILES string of the molecule is [2H]C(=O)C(C)CCC. The Labute approximate surface area is 46.1 Å². The van der Waals surface area contributed by atoms with E-state index in [4.69, 9.17) is 1.37 Å². The van der Waals surface area contributed by atoms with Gasteiger partial charge in [-0.05, 0) is 6.42 Å². The number of carbonyl (C=O) groups is 1. The van der Waals surface area contributed by atoms with Crippen molar-refractivity contribution in [2.75, 3.05) is 0 Å². The number of hydrogen-bond donors (Lipinski definition) is 0. The van der Waals surface area contributed by atoms with Crippen LogP contribution in [-0.2, 0) is 4.79 Å². The second kappa shape index (κ2) is 3.85. The summed E-state index contributed by atoms with van der Waals surface area (Å²) in [4.78, 5) is 10.2. The van der Waals surface area contributed by atoms with E-state index in [2.05, 4.69) is 0 Å². The summed E-state index contributed by atoms with van der Waals surface area (Å²) in [5, 5.41) is 0. The largest absolute Gasteiger partial charge is 0.303 e. The van der Waals surface area contributed by atoms with Gasteiger partial charge in [-0.2, -0.15) is 0 Å². The van der Waals surface area contributed by atoms with Crippen molar-refractivity contribution in [3.05, 3.63) is 0 Å². The molecule has 1 unspecified atom stereocenters. The van der Waals surface area contributed by atoms with Gasteiger partial charge in [0.05, 0.1) is 0 Å². The smallest absolute Gasteiger partial charge is 0.122 e. The first kappa shape index (κ1) is 4.82. The van der Waals surface area contributed by atoms with E-state index in [0.29, 0.717) is 0 Å². The number of hydrogen-bond acceptors (Lipinski definition) is 1. The van der Waals surface area contributed by atoms with Crippen molar-refractivity contribution in [2.24, 2.45) is 5.92 Å². The highest BCUT2D eigenvalue weighted by molar-refractivity contribution is 5.52. The van der Waals surface area contributed by atoms with Crippen molar-refractivity contribution in [2.45, 2.75) is 26.7 Å². The standard InChI is InChI=1S/C6H12O/c1-3-4-6(2)5-7/h5-6H,3-4H2,1-2H3/i5D. The zero-order valence-corrected chi connectivity index (χ0v) is 4.90. The molecule has 0 spiro atoms. The Kier molecular flexibility index (Phi) is 2.65. The molecule has 0 aromatic carbocycles. The van der Waals surface area contributed by atoms with Gasteiger partial charge in [0.25, 0.3) is 0 Å². The molecule has 0 aromatic rings. The molecule has 0 rings (SSSR count). The van der Waals surface area contributed by atoms with Gasteiger partial charge in [-0.15, -0.1) is 0 Å². The van der Waals surface area contributed by atoms with Gasteiger partial charge in [0.15, 0.2) is 0 Å². The van der Waals surface area contributed by atoms with E-state index in [1.54, 1.807) is 6.92 Å². The average molecular weight is 101 g/mol. The van der Waals surface area contributed by atoms with E-state index in [9.17, 15) is 4.79 Å². The van der Waals surface area contributed by atoms with Gasteiger partial charge in [-0.1, -0.05) is 20.3 Å². The molecule has 0 heterocycles. The Morgan fingerprint density at radius 3 is 2.71 bits per heavy atom. The monoisotopic (exact) mass is 101 g/mol. The molecule has 1 heteroatoms. The fraction of sp³-hybridized carbons (Fsp3) is 0.833. The molecule has 0 aliphatic carbocycles. The van der Waals surface area contributed by atoms with Crippen molar-refractivity contribution in [3.8, 4) is 0 Å². The zero-order chi connectivity index (χ0) is 6.57. The molecule has 0 saturated heterocycles. The Balaban J connectivity index is 3.32. The molecule has 0 bridgehead atoms. The van der Waals surface area contributed by atoms with Crippen molar-refractivity contribution in [1.29, 1.82) is 0 Å². The Bertz CT molecular complexity index is 80.6. The van der Waals surface area contributed by atoms with Crippen LogP contribution in [0.4, 0.5) is 0 Å². The van der Waals surface area contributed by atoms with E-state index in [1.807, 2.05) is 6.92 Å². The quantitative estimate of drug-likeness (QED) is 0.494. The maximum Gasteiger partial charge on any atom is 0.122 e. The Morgan fingerprint density at radius 2 is 2.57 bits per heavy atom. The van der Waals surface area contributed by atoms with Gasteiger partial charge >= 0.3 is 0 Å². The summed E-state index contributed by atoms with van der Waals surface area (Å²) in [5.74, 6) is -0.0556. The van der Waals surface area contributed by atoms with E-state index in [0.717, 1.165) is 12.8 Å². The summed E-state index contributed by atoms with van der Waals surface area (Å²) in [6, 6.07) is 0. The van der Waals surface area contributed by atoms with Gasteiger partial charge in [0.1, 0.15) is 7.63 Å². The van der Waals surface area contributed by atoms with E-state index in [1.165, 1.54) is 0 Å². The van der Waals surface area contributed by atoms with E-state index in [-0.39, 0.29) is 5.92 Å². The minimum Gasteiger partial charge on any atom is -0.303 e. The lowest BCUT2D eigenvalue weighted by Gasteiger charge is -1.94. The molecule has 42 valence electrons. The Hall–Kier alpha value is -0.330. The maximum absolute atomic E-state index is 10.2. The molecule has 0 aliphatic heterocycles. The maximum atomic E-state index is 10.2. The third-order valence-electron chi connectivity index (χ3n) is 0.923. The molecule has 0 amide bonds. The van der Waals surface area contributed by atoms with Crippen molar-refractivity contribution >= 4 is 6.26 Å². The van der Waals surface area contributed by atoms with E-state index < -0.39 is 6.26 Å². The predicted molar refractivity (Wildman–Crippen MR) is 30.1 cm³/mol. The van der Waals surface area contributed by atoms with Gasteiger partial charge < -0.3 is 4.79 Å². The lowest BCUT2D eigenvalue weighted by molar-refractivity contribution is -0.110. The van der Waals surface area contributed by atoms with Crippen LogP contribution in [0.25, 0.3) is 0 Å². The molecular formula is C6H12O. The number of aldehydes is 1. The zero-order valence-electron chi connectivity index (χ0n) is 5.90. The summed E-state index contributed by atoms with van der Waals surface area (Å²) in [6.07, 6.45) is 1.40. The summed E-state index contributed by atoms with van der Waals surface area (Å²) < 4.78 is 6.65. The van der Waals surface area contributed by atoms with Crippen LogP contribution in [0.15, 0.2) is 0 Å². The van der Waals surface area contributed by atoms with Crippen LogP contribution in [-0.4, -0.2) is 6.26 Å². The molecule has 0 N–H and O–H groups in total. The molecule has 1 nitrogen and oxygen atoms in total. The van der Waals surface area contributed by atoms with Crippen LogP contribution >= 0.6 is 0 Å². The molecule has 0 aromatic heterocycles. The second-order valence-electron chi connectivity index (χ2n) is 1.81. The molecule has 7 heavy (non-hydrogen) atoms. The van der Waals surface area contributed by atoms with Crippen LogP contribution in [0, 0.1) is 5.92 Å². The highest BCUT2D eigenvalue weighted by Gasteiger charge is 1.93. The lowest BCUT2D eigenvalue weighted by atomic mass is 10.1. The molecule has 0 aliphatic rings. The third kappa shape index (κ3) is 3.50. The first-order valence-electron chi connectivity index (χ1n) is 3.19. The van der Waals surface area contributed by atoms with Crippen molar-refractivity contribution in [3.63, 3.8) is 0 Å². The van der Waals surface area contributed by atoms with Crippen LogP contribution < -0.4 is 0 Å². The minimum absolute atomic E-state index is 0.0556. The normalized spacial score (nSPS) is 15.4. The molecule has 0 saturated carbocycles. The van der Waals surface area contributed by atoms with Crippen molar-refractivity contribution < 1.29 is 6.17 Å². The van der Waals surface area contributed by atoms with Gasteiger partial charge in [0.2, 0.25) is 0 Å². The van der Waals surface area contributed by atoms with Crippen molar-refractivity contribution in [1.82, 2.24) is 0 Å². The fourth-order valence-corrected chi connectivity index (χ4v) is 0.492. The summed E-state index contributed by atoms with van der Waals surface area (Å²) in [6.45, 7) is 3.80. The number of rotatable bonds is 3. The van der Waals surface area contributed by atoms with Gasteiger partial charge in [0, 0.05) is 5.92 Å². The van der Waals surface area contributed by atoms with Gasteiger partial charge in [-0.25, -0.2) is 0 Å². The summed E-state index contributed by atoms with van der Waals surface area (Å²) >= 11 is 0. The molecule has 0 fully saturated rings. The summed E-state index contributed by atoms with van der Waals surface area (Å²) in [7, 11) is 0. The lowest BCUT2D eigenvalue weighted by Crippen LogP contribution is -1.92. The second-order valence-corrected chi connectivity index (χ2v) is 1.81.